The van der Waals surface area contributed by atoms with Crippen molar-refractivity contribution in [2.75, 3.05) is 6.61 Å². The van der Waals surface area contributed by atoms with Crippen LogP contribution in [0.15, 0.2) is 34.7 Å². The molecule has 1 aromatic carbocycles. The molecule has 1 saturated heterocycles. The molecule has 2 aromatic rings. The lowest BCUT2D eigenvalue weighted by Gasteiger charge is -2.19. The molecule has 122 valence electrons. The Hall–Kier alpha value is -2.14. The van der Waals surface area contributed by atoms with Gasteiger partial charge < -0.3 is 14.5 Å². The van der Waals surface area contributed by atoms with Gasteiger partial charge in [-0.1, -0.05) is 18.2 Å². The van der Waals surface area contributed by atoms with Crippen molar-refractivity contribution in [1.82, 2.24) is 10.3 Å². The molecule has 1 aromatic heterocycles. The van der Waals surface area contributed by atoms with Crippen LogP contribution in [0.2, 0.25) is 0 Å². The topological polar surface area (TPSA) is 64.4 Å². The first-order valence-electron chi connectivity index (χ1n) is 8.06. The molecule has 1 fully saturated rings. The number of oxazole rings is 1. The normalized spacial score (nSPS) is 18.8. The highest BCUT2D eigenvalue weighted by atomic mass is 16.5. The minimum absolute atomic E-state index is 0.0193. The Morgan fingerprint density at radius 1 is 1.39 bits per heavy atom. The number of carbonyl (C=O) groups is 1. The lowest BCUT2D eigenvalue weighted by molar-refractivity contribution is -0.122. The Labute approximate surface area is 136 Å². The summed E-state index contributed by atoms with van der Waals surface area (Å²) in [4.78, 5) is 16.7. The Kier molecular flexibility index (Phi) is 4.76. The molecule has 0 spiro atoms. The molecule has 5 heteroatoms. The summed E-state index contributed by atoms with van der Waals surface area (Å²) in [5.74, 6) is 1.19. The number of nitrogens with one attached hydrogen (secondary N) is 1. The van der Waals surface area contributed by atoms with Crippen molar-refractivity contribution in [1.29, 1.82) is 0 Å². The van der Waals surface area contributed by atoms with Gasteiger partial charge >= 0.3 is 0 Å². The maximum absolute atomic E-state index is 12.2. The SMILES string of the molecule is Cc1oc(-c2ccccc2)nc1CC(=O)NC(C)C1CCCO1. The van der Waals surface area contributed by atoms with E-state index in [0.717, 1.165) is 25.0 Å². The molecule has 0 bridgehead atoms. The minimum atomic E-state index is -0.0518. The van der Waals surface area contributed by atoms with Crippen LogP contribution >= 0.6 is 0 Å². The second kappa shape index (κ2) is 6.96. The molecule has 23 heavy (non-hydrogen) atoms. The molecule has 2 heterocycles. The van der Waals surface area contributed by atoms with E-state index in [1.807, 2.05) is 44.2 Å². The van der Waals surface area contributed by atoms with Gasteiger partial charge in [0, 0.05) is 12.2 Å². The number of ether oxygens (including phenoxy) is 1. The van der Waals surface area contributed by atoms with Crippen LogP contribution in [0.25, 0.3) is 11.5 Å². The van der Waals surface area contributed by atoms with Crippen LogP contribution in [0, 0.1) is 6.92 Å². The van der Waals surface area contributed by atoms with Crippen LogP contribution in [0.4, 0.5) is 0 Å². The molecule has 0 saturated carbocycles. The van der Waals surface area contributed by atoms with Gasteiger partial charge in [-0.3, -0.25) is 4.79 Å². The van der Waals surface area contributed by atoms with E-state index in [0.29, 0.717) is 17.3 Å². The first-order valence-corrected chi connectivity index (χ1v) is 8.06. The van der Waals surface area contributed by atoms with Crippen molar-refractivity contribution in [3.63, 3.8) is 0 Å². The van der Waals surface area contributed by atoms with Crippen molar-refractivity contribution in [3.05, 3.63) is 41.8 Å². The zero-order valence-electron chi connectivity index (χ0n) is 13.5. The van der Waals surface area contributed by atoms with Gasteiger partial charge in [-0.15, -0.1) is 0 Å². The van der Waals surface area contributed by atoms with Gasteiger partial charge in [-0.05, 0) is 38.8 Å². The van der Waals surface area contributed by atoms with E-state index in [2.05, 4.69) is 10.3 Å². The molecule has 5 nitrogen and oxygen atoms in total. The van der Waals surface area contributed by atoms with Crippen LogP contribution < -0.4 is 5.32 Å². The average molecular weight is 314 g/mol. The van der Waals surface area contributed by atoms with Gasteiger partial charge in [0.1, 0.15) is 5.76 Å². The highest BCUT2D eigenvalue weighted by Gasteiger charge is 2.24. The summed E-state index contributed by atoms with van der Waals surface area (Å²) in [6.07, 6.45) is 2.41. The molecular formula is C18H22N2O3. The van der Waals surface area contributed by atoms with E-state index in [4.69, 9.17) is 9.15 Å². The van der Waals surface area contributed by atoms with Gasteiger partial charge in [0.2, 0.25) is 11.8 Å². The van der Waals surface area contributed by atoms with Crippen LogP contribution in [0.1, 0.15) is 31.2 Å². The largest absolute Gasteiger partial charge is 0.441 e. The first kappa shape index (κ1) is 15.7. The Bertz CT molecular complexity index is 660. The molecule has 1 amide bonds. The van der Waals surface area contributed by atoms with Gasteiger partial charge in [0.05, 0.1) is 24.3 Å². The molecule has 0 aliphatic carbocycles. The number of hydrogen-bond donors (Lipinski definition) is 1. The van der Waals surface area contributed by atoms with Gasteiger partial charge in [-0.25, -0.2) is 4.98 Å². The monoisotopic (exact) mass is 314 g/mol. The number of nitrogens with zero attached hydrogens (tertiary/aromatic N) is 1. The van der Waals surface area contributed by atoms with Crippen molar-refractivity contribution in [2.24, 2.45) is 0 Å². The Morgan fingerprint density at radius 2 is 2.17 bits per heavy atom. The van der Waals surface area contributed by atoms with Crippen molar-refractivity contribution in [2.45, 2.75) is 45.3 Å². The number of benzene rings is 1. The van der Waals surface area contributed by atoms with E-state index in [1.54, 1.807) is 0 Å². The fourth-order valence-electron chi connectivity index (χ4n) is 2.84. The predicted octanol–water partition coefficient (Wildman–Crippen LogP) is 2.88. The highest BCUT2D eigenvalue weighted by molar-refractivity contribution is 5.78. The Balaban J connectivity index is 1.63. The number of carbonyl (C=O) groups excluding carboxylic acids is 1. The predicted molar refractivity (Wildman–Crippen MR) is 87.0 cm³/mol. The summed E-state index contributed by atoms with van der Waals surface area (Å²) < 4.78 is 11.3. The van der Waals surface area contributed by atoms with Crippen LogP contribution in [-0.2, 0) is 16.0 Å². The van der Waals surface area contributed by atoms with Crippen molar-refractivity contribution in [3.8, 4) is 11.5 Å². The third-order valence-corrected chi connectivity index (χ3v) is 4.15. The minimum Gasteiger partial charge on any atom is -0.441 e. The summed E-state index contributed by atoms with van der Waals surface area (Å²) in [6.45, 7) is 4.61. The zero-order valence-corrected chi connectivity index (χ0v) is 13.5. The fraction of sp³-hybridized carbons (Fsp3) is 0.444. The maximum atomic E-state index is 12.2. The van der Waals surface area contributed by atoms with Crippen LogP contribution in [-0.4, -0.2) is 29.6 Å². The molecule has 1 aliphatic heterocycles. The number of hydrogen-bond acceptors (Lipinski definition) is 4. The number of aryl methyl sites for hydroxylation is 1. The molecule has 1 N–H and O–H groups in total. The average Bonchev–Trinajstić information content (AvgIpc) is 3.19. The van der Waals surface area contributed by atoms with Crippen molar-refractivity contribution >= 4 is 5.91 Å². The molecule has 1 aliphatic rings. The summed E-state index contributed by atoms with van der Waals surface area (Å²) in [7, 11) is 0. The first-order chi connectivity index (χ1) is 11.1. The van der Waals surface area contributed by atoms with E-state index in [1.165, 1.54) is 0 Å². The van der Waals surface area contributed by atoms with E-state index in [9.17, 15) is 4.79 Å². The summed E-state index contributed by atoms with van der Waals surface area (Å²) in [5.41, 5.74) is 1.59. The van der Waals surface area contributed by atoms with Gasteiger partial charge in [-0.2, -0.15) is 0 Å². The second-order valence-electron chi connectivity index (χ2n) is 5.97. The van der Waals surface area contributed by atoms with Gasteiger partial charge in [0.25, 0.3) is 0 Å². The zero-order chi connectivity index (χ0) is 16.2. The van der Waals surface area contributed by atoms with Gasteiger partial charge in [0.15, 0.2) is 0 Å². The maximum Gasteiger partial charge on any atom is 0.226 e. The lowest BCUT2D eigenvalue weighted by Crippen LogP contribution is -2.41. The molecule has 3 rings (SSSR count). The van der Waals surface area contributed by atoms with Crippen molar-refractivity contribution < 1.29 is 13.9 Å². The van der Waals surface area contributed by atoms with Crippen LogP contribution in [0.5, 0.6) is 0 Å². The van der Waals surface area contributed by atoms with E-state index in [-0.39, 0.29) is 24.5 Å². The van der Waals surface area contributed by atoms with E-state index < -0.39 is 0 Å². The summed E-state index contributed by atoms with van der Waals surface area (Å²) in [6, 6.07) is 9.71. The number of rotatable bonds is 5. The quantitative estimate of drug-likeness (QED) is 0.921. The molecule has 0 radical (unpaired) electrons. The molecule has 2 atom stereocenters. The highest BCUT2D eigenvalue weighted by Crippen LogP contribution is 2.22. The fourth-order valence-corrected chi connectivity index (χ4v) is 2.84. The second-order valence-corrected chi connectivity index (χ2v) is 5.97. The summed E-state index contributed by atoms with van der Waals surface area (Å²) in [5, 5.41) is 3.00. The smallest absolute Gasteiger partial charge is 0.226 e. The lowest BCUT2D eigenvalue weighted by atomic mass is 10.1. The molecule has 2 unspecified atom stereocenters. The van der Waals surface area contributed by atoms with E-state index >= 15 is 0 Å². The molecular weight excluding hydrogens is 292 g/mol. The summed E-state index contributed by atoms with van der Waals surface area (Å²) >= 11 is 0. The number of aromatic nitrogens is 1. The standard InChI is InChI=1S/C18H22N2O3/c1-12(16-9-6-10-22-16)19-17(21)11-15-13(2)23-18(20-15)14-7-4-3-5-8-14/h3-5,7-8,12,16H,6,9-11H2,1-2H3,(H,19,21). The third kappa shape index (κ3) is 3.79. The Morgan fingerprint density at radius 3 is 2.87 bits per heavy atom. The number of amides is 1. The van der Waals surface area contributed by atoms with Crippen LogP contribution in [0.3, 0.4) is 0 Å². The third-order valence-electron chi connectivity index (χ3n) is 4.15.